The summed E-state index contributed by atoms with van der Waals surface area (Å²) in [6.45, 7) is 3.14. The number of rotatable bonds is 7. The summed E-state index contributed by atoms with van der Waals surface area (Å²) in [5.41, 5.74) is 3.30. The summed E-state index contributed by atoms with van der Waals surface area (Å²) in [6.07, 6.45) is 3.68. The fourth-order valence-corrected chi connectivity index (χ4v) is 2.55. The van der Waals surface area contributed by atoms with Gasteiger partial charge in [-0.2, -0.15) is 5.10 Å². The van der Waals surface area contributed by atoms with Crippen molar-refractivity contribution < 1.29 is 9.53 Å². The first-order valence-corrected chi connectivity index (χ1v) is 8.21. The van der Waals surface area contributed by atoms with Crippen molar-refractivity contribution in [3.63, 3.8) is 0 Å². The molecule has 3 aromatic rings. The zero-order valence-corrected chi connectivity index (χ0v) is 14.2. The highest BCUT2D eigenvalue weighted by Gasteiger charge is 2.06. The van der Waals surface area contributed by atoms with Crippen LogP contribution in [0.25, 0.3) is 0 Å². The van der Waals surface area contributed by atoms with Crippen LogP contribution in [0.4, 0.5) is 0 Å². The summed E-state index contributed by atoms with van der Waals surface area (Å²) in [7, 11) is 0. The zero-order valence-electron chi connectivity index (χ0n) is 14.2. The molecule has 1 N–H and O–H groups in total. The molecule has 1 amide bonds. The third-order valence-corrected chi connectivity index (χ3v) is 3.85. The summed E-state index contributed by atoms with van der Waals surface area (Å²) in [4.78, 5) is 12.0. The van der Waals surface area contributed by atoms with E-state index in [1.165, 1.54) is 0 Å². The maximum atomic E-state index is 12.0. The fraction of sp³-hybridized carbons (Fsp3) is 0.200. The molecule has 5 heteroatoms. The second kappa shape index (κ2) is 8.15. The number of aromatic nitrogens is 2. The number of nitrogens with zero attached hydrogens (tertiary/aromatic N) is 2. The number of carbonyl (C=O) groups is 1. The smallest absolute Gasteiger partial charge is 0.258 e. The molecule has 0 aliphatic rings. The van der Waals surface area contributed by atoms with Gasteiger partial charge < -0.3 is 10.1 Å². The summed E-state index contributed by atoms with van der Waals surface area (Å²) < 4.78 is 7.39. The van der Waals surface area contributed by atoms with Crippen LogP contribution in [0.3, 0.4) is 0 Å². The van der Waals surface area contributed by atoms with Crippen molar-refractivity contribution in [2.45, 2.75) is 20.0 Å². The second-order valence-corrected chi connectivity index (χ2v) is 5.85. The normalized spacial score (nSPS) is 10.4. The molecule has 3 rings (SSSR count). The zero-order chi connectivity index (χ0) is 17.5. The molecule has 1 aromatic heterocycles. The van der Waals surface area contributed by atoms with E-state index in [4.69, 9.17) is 4.74 Å². The molecular weight excluding hydrogens is 314 g/mol. The second-order valence-electron chi connectivity index (χ2n) is 5.85. The Morgan fingerprint density at radius 2 is 1.96 bits per heavy atom. The summed E-state index contributed by atoms with van der Waals surface area (Å²) in [5, 5.41) is 7.14. The van der Waals surface area contributed by atoms with Crippen LogP contribution in [0.5, 0.6) is 5.75 Å². The first-order chi connectivity index (χ1) is 12.2. The maximum Gasteiger partial charge on any atom is 0.258 e. The third kappa shape index (κ3) is 4.94. The van der Waals surface area contributed by atoms with Gasteiger partial charge in [-0.15, -0.1) is 0 Å². The predicted molar refractivity (Wildman–Crippen MR) is 96.3 cm³/mol. The topological polar surface area (TPSA) is 56.1 Å². The number of hydrogen-bond donors (Lipinski definition) is 1. The lowest BCUT2D eigenvalue weighted by Crippen LogP contribution is -2.28. The van der Waals surface area contributed by atoms with Crippen LogP contribution < -0.4 is 10.1 Å². The first-order valence-electron chi connectivity index (χ1n) is 8.21. The van der Waals surface area contributed by atoms with Crippen molar-refractivity contribution in [3.05, 3.63) is 83.7 Å². The van der Waals surface area contributed by atoms with Gasteiger partial charge in [0.15, 0.2) is 6.61 Å². The Hall–Kier alpha value is -3.08. The number of ether oxygens (including phenoxy) is 1. The lowest BCUT2D eigenvalue weighted by Gasteiger charge is -2.11. The highest BCUT2D eigenvalue weighted by Crippen LogP contribution is 2.12. The van der Waals surface area contributed by atoms with Gasteiger partial charge in [0.2, 0.25) is 0 Å². The molecule has 25 heavy (non-hydrogen) atoms. The highest BCUT2D eigenvalue weighted by atomic mass is 16.5. The van der Waals surface area contributed by atoms with E-state index in [0.717, 1.165) is 16.7 Å². The Labute approximate surface area is 147 Å². The molecule has 0 radical (unpaired) electrons. The minimum Gasteiger partial charge on any atom is -0.484 e. The SMILES string of the molecule is Cc1cccc(OCC(=O)NCc2ccccc2Cn2cccn2)c1. The van der Waals surface area contributed by atoms with Gasteiger partial charge in [0.05, 0.1) is 6.54 Å². The van der Waals surface area contributed by atoms with E-state index in [0.29, 0.717) is 18.8 Å². The monoisotopic (exact) mass is 335 g/mol. The van der Waals surface area contributed by atoms with E-state index in [1.54, 1.807) is 6.20 Å². The number of nitrogens with one attached hydrogen (secondary N) is 1. The molecule has 0 bridgehead atoms. The van der Waals surface area contributed by atoms with Gasteiger partial charge >= 0.3 is 0 Å². The molecule has 0 unspecified atom stereocenters. The van der Waals surface area contributed by atoms with E-state index in [2.05, 4.69) is 10.4 Å². The standard InChI is InChI=1S/C20H21N3O2/c1-16-6-4-9-19(12-16)25-15-20(24)21-13-17-7-2-3-8-18(17)14-23-11-5-10-22-23/h2-12H,13-15H2,1H3,(H,21,24). The highest BCUT2D eigenvalue weighted by molar-refractivity contribution is 5.77. The molecular formula is C20H21N3O2. The minimum atomic E-state index is -0.143. The molecule has 1 heterocycles. The predicted octanol–water partition coefficient (Wildman–Crippen LogP) is 2.94. The van der Waals surface area contributed by atoms with Gasteiger partial charge in [-0.3, -0.25) is 9.48 Å². The summed E-state index contributed by atoms with van der Waals surface area (Å²) in [6, 6.07) is 17.6. The van der Waals surface area contributed by atoms with Crippen LogP contribution in [0, 0.1) is 6.92 Å². The lowest BCUT2D eigenvalue weighted by molar-refractivity contribution is -0.123. The van der Waals surface area contributed by atoms with Crippen LogP contribution in [0.15, 0.2) is 67.0 Å². The summed E-state index contributed by atoms with van der Waals surface area (Å²) >= 11 is 0. The summed E-state index contributed by atoms with van der Waals surface area (Å²) in [5.74, 6) is 0.560. The van der Waals surface area contributed by atoms with Gasteiger partial charge in [0.25, 0.3) is 5.91 Å². The maximum absolute atomic E-state index is 12.0. The molecule has 0 fully saturated rings. The molecule has 2 aromatic carbocycles. The quantitative estimate of drug-likeness (QED) is 0.722. The molecule has 128 valence electrons. The Bertz CT molecular complexity index is 828. The van der Waals surface area contributed by atoms with Crippen molar-refractivity contribution in [1.82, 2.24) is 15.1 Å². The van der Waals surface area contributed by atoms with E-state index < -0.39 is 0 Å². The Kier molecular flexibility index (Phi) is 5.46. The van der Waals surface area contributed by atoms with Crippen molar-refractivity contribution in [2.24, 2.45) is 0 Å². The number of carbonyl (C=O) groups excluding carboxylic acids is 1. The molecule has 0 aliphatic carbocycles. The average Bonchev–Trinajstić information content (AvgIpc) is 3.12. The minimum absolute atomic E-state index is 0.00474. The molecule has 0 aliphatic heterocycles. The van der Waals surface area contributed by atoms with Crippen molar-refractivity contribution in [2.75, 3.05) is 6.61 Å². The molecule has 5 nitrogen and oxygen atoms in total. The van der Waals surface area contributed by atoms with Crippen LogP contribution in [-0.4, -0.2) is 22.3 Å². The van der Waals surface area contributed by atoms with E-state index in [1.807, 2.05) is 72.4 Å². The van der Waals surface area contributed by atoms with Crippen molar-refractivity contribution >= 4 is 5.91 Å². The fourth-order valence-electron chi connectivity index (χ4n) is 2.55. The first kappa shape index (κ1) is 16.8. The molecule has 0 spiro atoms. The largest absolute Gasteiger partial charge is 0.484 e. The van der Waals surface area contributed by atoms with Crippen molar-refractivity contribution in [3.8, 4) is 5.75 Å². The number of benzene rings is 2. The Morgan fingerprint density at radius 3 is 2.72 bits per heavy atom. The third-order valence-electron chi connectivity index (χ3n) is 3.85. The average molecular weight is 335 g/mol. The number of amides is 1. The number of hydrogen-bond acceptors (Lipinski definition) is 3. The van der Waals surface area contributed by atoms with Gasteiger partial charge in [-0.1, -0.05) is 36.4 Å². The van der Waals surface area contributed by atoms with Crippen LogP contribution in [0.2, 0.25) is 0 Å². The van der Waals surface area contributed by atoms with E-state index in [9.17, 15) is 4.79 Å². The van der Waals surface area contributed by atoms with Gasteiger partial charge in [-0.25, -0.2) is 0 Å². The van der Waals surface area contributed by atoms with Gasteiger partial charge in [0, 0.05) is 18.9 Å². The Morgan fingerprint density at radius 1 is 1.12 bits per heavy atom. The van der Waals surface area contributed by atoms with Crippen molar-refractivity contribution in [1.29, 1.82) is 0 Å². The van der Waals surface area contributed by atoms with E-state index in [-0.39, 0.29) is 12.5 Å². The van der Waals surface area contributed by atoms with Crippen LogP contribution >= 0.6 is 0 Å². The molecule has 0 saturated heterocycles. The Balaban J connectivity index is 1.53. The van der Waals surface area contributed by atoms with Gasteiger partial charge in [-0.05, 0) is 41.8 Å². The van der Waals surface area contributed by atoms with E-state index >= 15 is 0 Å². The molecule has 0 saturated carbocycles. The lowest BCUT2D eigenvalue weighted by atomic mass is 10.1. The van der Waals surface area contributed by atoms with Gasteiger partial charge in [0.1, 0.15) is 5.75 Å². The van der Waals surface area contributed by atoms with Crippen LogP contribution in [-0.2, 0) is 17.9 Å². The molecule has 0 atom stereocenters. The number of aryl methyl sites for hydroxylation is 1. The van der Waals surface area contributed by atoms with Crippen LogP contribution in [0.1, 0.15) is 16.7 Å².